The molecule has 0 aliphatic heterocycles. The van der Waals surface area contributed by atoms with Crippen LogP contribution in [0.15, 0.2) is 12.1 Å². The molecule has 2 heteroatoms. The predicted molar refractivity (Wildman–Crippen MR) is 61.5 cm³/mol. The first-order chi connectivity index (χ1) is 7.04. The second-order valence-electron chi connectivity index (χ2n) is 3.96. The first-order valence-electron chi connectivity index (χ1n) is 5.18. The number of carbonyl (C=O) groups is 1. The summed E-state index contributed by atoms with van der Waals surface area (Å²) in [6.45, 7) is 5.69. The Kier molecular flexibility index (Phi) is 3.89. The molecule has 0 aromatic heterocycles. The van der Waals surface area contributed by atoms with Crippen molar-refractivity contribution < 1.29 is 9.53 Å². The monoisotopic (exact) mass is 206 g/mol. The number of ether oxygens (including phenoxy) is 1. The van der Waals surface area contributed by atoms with Crippen LogP contribution in [0.2, 0.25) is 0 Å². The van der Waals surface area contributed by atoms with E-state index in [4.69, 9.17) is 4.74 Å². The Morgan fingerprint density at radius 1 is 1.27 bits per heavy atom. The molecule has 0 saturated carbocycles. The molecule has 0 radical (unpaired) electrons. The minimum absolute atomic E-state index is 0.237. The highest BCUT2D eigenvalue weighted by molar-refractivity contribution is 5.75. The molecule has 0 N–H and O–H groups in total. The normalized spacial score (nSPS) is 10.1. The molecule has 0 spiro atoms. The Hall–Kier alpha value is -1.31. The van der Waals surface area contributed by atoms with E-state index in [-0.39, 0.29) is 5.78 Å². The van der Waals surface area contributed by atoms with Gasteiger partial charge in [0.2, 0.25) is 0 Å². The van der Waals surface area contributed by atoms with Crippen molar-refractivity contribution in [1.29, 1.82) is 0 Å². The average molecular weight is 206 g/mol. The highest BCUT2D eigenvalue weighted by atomic mass is 16.5. The molecule has 0 aliphatic rings. The summed E-state index contributed by atoms with van der Waals surface area (Å²) in [5.74, 6) is 1.18. The van der Waals surface area contributed by atoms with Gasteiger partial charge in [-0.15, -0.1) is 0 Å². The van der Waals surface area contributed by atoms with Crippen LogP contribution in [0.1, 0.15) is 30.0 Å². The van der Waals surface area contributed by atoms with Crippen LogP contribution in [0.5, 0.6) is 5.75 Å². The van der Waals surface area contributed by atoms with Crippen molar-refractivity contribution in [3.8, 4) is 5.75 Å². The van der Waals surface area contributed by atoms with E-state index < -0.39 is 0 Å². The summed E-state index contributed by atoms with van der Waals surface area (Å²) in [4.78, 5) is 10.9. The van der Waals surface area contributed by atoms with Crippen LogP contribution in [-0.4, -0.2) is 12.9 Å². The van der Waals surface area contributed by atoms with Crippen molar-refractivity contribution in [3.05, 3.63) is 28.8 Å². The number of aryl methyl sites for hydroxylation is 3. The molecule has 82 valence electrons. The van der Waals surface area contributed by atoms with Crippen LogP contribution in [0.3, 0.4) is 0 Å². The van der Waals surface area contributed by atoms with Crippen molar-refractivity contribution in [2.24, 2.45) is 0 Å². The molecular weight excluding hydrogens is 188 g/mol. The van der Waals surface area contributed by atoms with Gasteiger partial charge in [-0.2, -0.15) is 0 Å². The van der Waals surface area contributed by atoms with Gasteiger partial charge in [-0.1, -0.05) is 12.1 Å². The number of ketones is 1. The van der Waals surface area contributed by atoms with Crippen LogP contribution >= 0.6 is 0 Å². The summed E-state index contributed by atoms with van der Waals surface area (Å²) < 4.78 is 5.29. The smallest absolute Gasteiger partial charge is 0.130 e. The average Bonchev–Trinajstić information content (AvgIpc) is 2.14. The fraction of sp³-hybridized carbons (Fsp3) is 0.462. The SMILES string of the molecule is COc1c(C)cc(CCC(C)=O)cc1C. The zero-order chi connectivity index (χ0) is 11.4. The lowest BCUT2D eigenvalue weighted by molar-refractivity contribution is -0.116. The second-order valence-corrected chi connectivity index (χ2v) is 3.96. The summed E-state index contributed by atoms with van der Waals surface area (Å²) in [6.07, 6.45) is 1.44. The lowest BCUT2D eigenvalue weighted by Crippen LogP contribution is -1.97. The maximum atomic E-state index is 10.9. The predicted octanol–water partition coefficient (Wildman–Crippen LogP) is 2.83. The van der Waals surface area contributed by atoms with Gasteiger partial charge in [-0.25, -0.2) is 0 Å². The van der Waals surface area contributed by atoms with Crippen molar-refractivity contribution in [3.63, 3.8) is 0 Å². The number of carbonyl (C=O) groups excluding carboxylic acids is 1. The van der Waals surface area contributed by atoms with Crippen molar-refractivity contribution >= 4 is 5.78 Å². The fourth-order valence-corrected chi connectivity index (χ4v) is 1.83. The van der Waals surface area contributed by atoms with E-state index in [1.54, 1.807) is 14.0 Å². The van der Waals surface area contributed by atoms with E-state index in [1.807, 2.05) is 13.8 Å². The maximum Gasteiger partial charge on any atom is 0.130 e. The molecule has 0 atom stereocenters. The van der Waals surface area contributed by atoms with Crippen LogP contribution in [-0.2, 0) is 11.2 Å². The Morgan fingerprint density at radius 2 is 1.80 bits per heavy atom. The summed E-state index contributed by atoms with van der Waals surface area (Å²) in [6, 6.07) is 4.18. The molecule has 1 aromatic rings. The Morgan fingerprint density at radius 3 is 2.20 bits per heavy atom. The van der Waals surface area contributed by atoms with Crippen molar-refractivity contribution in [2.45, 2.75) is 33.6 Å². The van der Waals surface area contributed by atoms with Gasteiger partial charge in [0.15, 0.2) is 0 Å². The molecule has 1 rings (SSSR count). The molecule has 0 bridgehead atoms. The quantitative estimate of drug-likeness (QED) is 0.757. The van der Waals surface area contributed by atoms with Crippen molar-refractivity contribution in [1.82, 2.24) is 0 Å². The molecule has 0 unspecified atom stereocenters. The second kappa shape index (κ2) is 4.96. The van der Waals surface area contributed by atoms with Gasteiger partial charge >= 0.3 is 0 Å². The van der Waals surface area contributed by atoms with Crippen LogP contribution < -0.4 is 4.74 Å². The standard InChI is InChI=1S/C13H18O2/c1-9-7-12(6-5-11(3)14)8-10(2)13(9)15-4/h7-8H,5-6H2,1-4H3. The van der Waals surface area contributed by atoms with E-state index in [2.05, 4.69) is 12.1 Å². The maximum absolute atomic E-state index is 10.9. The number of methoxy groups -OCH3 is 1. The third-order valence-electron chi connectivity index (χ3n) is 2.49. The topological polar surface area (TPSA) is 26.3 Å². The third-order valence-corrected chi connectivity index (χ3v) is 2.49. The fourth-order valence-electron chi connectivity index (χ4n) is 1.83. The van der Waals surface area contributed by atoms with E-state index in [1.165, 1.54) is 5.56 Å². The number of hydrogen-bond acceptors (Lipinski definition) is 2. The summed E-state index contributed by atoms with van der Waals surface area (Å²) in [5.41, 5.74) is 3.48. The van der Waals surface area contributed by atoms with Gasteiger partial charge in [-0.3, -0.25) is 0 Å². The lowest BCUT2D eigenvalue weighted by Gasteiger charge is -2.10. The molecule has 0 saturated heterocycles. The number of rotatable bonds is 4. The van der Waals surface area contributed by atoms with Gasteiger partial charge in [0.1, 0.15) is 11.5 Å². The van der Waals surface area contributed by atoms with Gasteiger partial charge in [0.05, 0.1) is 7.11 Å². The molecule has 15 heavy (non-hydrogen) atoms. The van der Waals surface area contributed by atoms with Gasteiger partial charge in [0.25, 0.3) is 0 Å². The van der Waals surface area contributed by atoms with Gasteiger partial charge in [0, 0.05) is 6.42 Å². The lowest BCUT2D eigenvalue weighted by atomic mass is 10.0. The number of benzene rings is 1. The number of Topliss-reactive ketones (excluding diaryl/α,β-unsaturated/α-hetero) is 1. The van der Waals surface area contributed by atoms with Crippen LogP contribution in [0.4, 0.5) is 0 Å². The zero-order valence-electron chi connectivity index (χ0n) is 9.89. The van der Waals surface area contributed by atoms with Crippen molar-refractivity contribution in [2.75, 3.05) is 7.11 Å². The van der Waals surface area contributed by atoms with E-state index in [0.717, 1.165) is 23.3 Å². The Balaban J connectivity index is 2.88. The van der Waals surface area contributed by atoms with E-state index >= 15 is 0 Å². The first kappa shape index (κ1) is 11.8. The summed E-state index contributed by atoms with van der Waals surface area (Å²) in [5, 5.41) is 0. The molecule has 2 nitrogen and oxygen atoms in total. The van der Waals surface area contributed by atoms with Gasteiger partial charge < -0.3 is 9.53 Å². The molecular formula is C13H18O2. The minimum atomic E-state index is 0.237. The van der Waals surface area contributed by atoms with Crippen LogP contribution in [0, 0.1) is 13.8 Å². The third kappa shape index (κ3) is 3.08. The Labute approximate surface area is 91.3 Å². The molecule has 1 aromatic carbocycles. The molecule has 0 amide bonds. The highest BCUT2D eigenvalue weighted by Gasteiger charge is 2.05. The summed E-state index contributed by atoms with van der Waals surface area (Å²) in [7, 11) is 1.69. The minimum Gasteiger partial charge on any atom is -0.496 e. The molecule has 0 heterocycles. The molecule has 0 aliphatic carbocycles. The van der Waals surface area contributed by atoms with Crippen LogP contribution in [0.25, 0.3) is 0 Å². The first-order valence-corrected chi connectivity index (χ1v) is 5.18. The largest absolute Gasteiger partial charge is 0.496 e. The molecule has 0 fully saturated rings. The number of hydrogen-bond donors (Lipinski definition) is 0. The highest BCUT2D eigenvalue weighted by Crippen LogP contribution is 2.24. The van der Waals surface area contributed by atoms with E-state index in [9.17, 15) is 4.79 Å². The summed E-state index contributed by atoms with van der Waals surface area (Å²) >= 11 is 0. The van der Waals surface area contributed by atoms with E-state index in [0.29, 0.717) is 6.42 Å². The Bertz CT molecular complexity index is 344. The van der Waals surface area contributed by atoms with Gasteiger partial charge in [-0.05, 0) is 43.9 Å². The zero-order valence-corrected chi connectivity index (χ0v) is 9.89.